The van der Waals surface area contributed by atoms with Crippen LogP contribution < -0.4 is 15.4 Å². The lowest BCUT2D eigenvalue weighted by Gasteiger charge is -2.29. The van der Waals surface area contributed by atoms with Crippen LogP contribution in [0.15, 0.2) is 23.2 Å². The Balaban J connectivity index is 1.56. The van der Waals surface area contributed by atoms with E-state index < -0.39 is 0 Å². The molecule has 0 aromatic heterocycles. The maximum absolute atomic E-state index is 6.08. The lowest BCUT2D eigenvalue weighted by atomic mass is 9.97. The van der Waals surface area contributed by atoms with E-state index in [1.165, 1.54) is 44.3 Å². The van der Waals surface area contributed by atoms with Crippen molar-refractivity contribution in [2.24, 2.45) is 16.8 Å². The highest BCUT2D eigenvalue weighted by Crippen LogP contribution is 2.31. The van der Waals surface area contributed by atoms with Gasteiger partial charge < -0.3 is 20.3 Å². The van der Waals surface area contributed by atoms with Crippen LogP contribution in [0, 0.1) is 18.8 Å². The predicted octanol–water partition coefficient (Wildman–Crippen LogP) is 3.18. The summed E-state index contributed by atoms with van der Waals surface area (Å²) in [7, 11) is 2.21. The lowest BCUT2D eigenvalue weighted by molar-refractivity contribution is 0.220. The number of hydrogen-bond donors (Lipinski definition) is 2. The Labute approximate surface area is 164 Å². The molecule has 0 spiro atoms. The molecule has 1 saturated heterocycles. The number of guanidine groups is 1. The van der Waals surface area contributed by atoms with Crippen LogP contribution in [-0.2, 0) is 6.54 Å². The first kappa shape index (κ1) is 20.0. The molecule has 5 nitrogen and oxygen atoms in total. The summed E-state index contributed by atoms with van der Waals surface area (Å²) in [4.78, 5) is 7.23. The van der Waals surface area contributed by atoms with Crippen LogP contribution in [-0.4, -0.2) is 50.7 Å². The van der Waals surface area contributed by atoms with Crippen LogP contribution in [0.1, 0.15) is 43.7 Å². The molecular formula is C22H36N4O. The molecule has 1 saturated carbocycles. The second kappa shape index (κ2) is 9.98. The molecule has 5 heteroatoms. The number of aryl methyl sites for hydroxylation is 1. The van der Waals surface area contributed by atoms with Crippen LogP contribution in [0.25, 0.3) is 0 Å². The number of aliphatic imine (C=N–C) groups is 1. The van der Waals surface area contributed by atoms with Gasteiger partial charge in [0.1, 0.15) is 5.75 Å². The van der Waals surface area contributed by atoms with Gasteiger partial charge in [0.15, 0.2) is 5.96 Å². The van der Waals surface area contributed by atoms with Gasteiger partial charge in [-0.25, -0.2) is 4.99 Å². The van der Waals surface area contributed by atoms with Gasteiger partial charge in [0.25, 0.3) is 0 Å². The van der Waals surface area contributed by atoms with Gasteiger partial charge in [-0.3, -0.25) is 0 Å². The average molecular weight is 373 g/mol. The van der Waals surface area contributed by atoms with Gasteiger partial charge >= 0.3 is 0 Å². The number of likely N-dealkylation sites (tertiary alicyclic amines) is 1. The monoisotopic (exact) mass is 372 g/mol. The van der Waals surface area contributed by atoms with Gasteiger partial charge in [-0.05, 0) is 83.1 Å². The number of hydrogen-bond acceptors (Lipinski definition) is 3. The second-order valence-corrected chi connectivity index (χ2v) is 8.19. The first-order valence-corrected chi connectivity index (χ1v) is 10.6. The zero-order chi connectivity index (χ0) is 19.1. The smallest absolute Gasteiger partial charge is 0.191 e. The van der Waals surface area contributed by atoms with Crippen LogP contribution in [0.2, 0.25) is 0 Å². The van der Waals surface area contributed by atoms with Crippen molar-refractivity contribution in [2.75, 3.05) is 39.8 Å². The van der Waals surface area contributed by atoms with Crippen molar-refractivity contribution < 1.29 is 4.74 Å². The third-order valence-corrected chi connectivity index (χ3v) is 5.54. The van der Waals surface area contributed by atoms with E-state index in [0.29, 0.717) is 6.54 Å². The molecule has 2 N–H and O–H groups in total. The fraction of sp³-hybridized carbons (Fsp3) is 0.682. The number of benzene rings is 1. The fourth-order valence-electron chi connectivity index (χ4n) is 3.43. The van der Waals surface area contributed by atoms with E-state index in [1.54, 1.807) is 0 Å². The van der Waals surface area contributed by atoms with E-state index in [0.717, 1.165) is 48.8 Å². The first-order valence-electron chi connectivity index (χ1n) is 10.6. The molecule has 3 rings (SSSR count). The molecule has 0 radical (unpaired) electrons. The number of ether oxygens (including phenoxy) is 1. The van der Waals surface area contributed by atoms with Crippen molar-refractivity contribution in [2.45, 2.75) is 46.1 Å². The molecule has 150 valence electrons. The minimum absolute atomic E-state index is 0.642. The Hall–Kier alpha value is -1.75. The van der Waals surface area contributed by atoms with Gasteiger partial charge in [-0.15, -0.1) is 0 Å². The molecule has 0 bridgehead atoms. The SMILES string of the molecule is CCNC(=NCc1ccc(C)cc1OCC1CC1)NCC1CCN(C)CC1. The number of nitrogens with one attached hydrogen (secondary N) is 2. The molecule has 1 heterocycles. The van der Waals surface area contributed by atoms with Crippen molar-refractivity contribution in [1.29, 1.82) is 0 Å². The summed E-state index contributed by atoms with van der Waals surface area (Å²) in [5.41, 5.74) is 2.40. The molecule has 2 aliphatic rings. The van der Waals surface area contributed by atoms with Crippen LogP contribution in [0.3, 0.4) is 0 Å². The van der Waals surface area contributed by atoms with Gasteiger partial charge in [0.05, 0.1) is 13.2 Å². The van der Waals surface area contributed by atoms with Crippen LogP contribution in [0.4, 0.5) is 0 Å². The topological polar surface area (TPSA) is 48.9 Å². The van der Waals surface area contributed by atoms with Crippen LogP contribution in [0.5, 0.6) is 5.75 Å². The second-order valence-electron chi connectivity index (χ2n) is 8.19. The molecule has 1 aromatic carbocycles. The predicted molar refractivity (Wildman–Crippen MR) is 112 cm³/mol. The summed E-state index contributed by atoms with van der Waals surface area (Å²) < 4.78 is 6.08. The Bertz CT molecular complexity index is 619. The summed E-state index contributed by atoms with van der Waals surface area (Å²) in [6, 6.07) is 6.45. The van der Waals surface area contributed by atoms with E-state index in [-0.39, 0.29) is 0 Å². The summed E-state index contributed by atoms with van der Waals surface area (Å²) in [6.07, 6.45) is 5.15. The first-order chi connectivity index (χ1) is 13.1. The van der Waals surface area contributed by atoms with Gasteiger partial charge in [-0.1, -0.05) is 12.1 Å². The standard InChI is InChI=1S/C22H36N4O/c1-4-23-22(24-14-18-9-11-26(3)12-10-18)25-15-20-8-5-17(2)13-21(20)27-16-19-6-7-19/h5,8,13,18-19H,4,6-7,9-12,14-16H2,1-3H3,(H2,23,24,25). The van der Waals surface area contributed by atoms with Crippen molar-refractivity contribution in [1.82, 2.24) is 15.5 Å². The fourth-order valence-corrected chi connectivity index (χ4v) is 3.43. The molecule has 27 heavy (non-hydrogen) atoms. The number of piperidine rings is 1. The lowest BCUT2D eigenvalue weighted by Crippen LogP contribution is -2.42. The Morgan fingerprint density at radius 3 is 2.63 bits per heavy atom. The maximum atomic E-state index is 6.08. The average Bonchev–Trinajstić information content (AvgIpc) is 3.49. The molecule has 1 aliphatic carbocycles. The quantitative estimate of drug-likeness (QED) is 0.544. The highest BCUT2D eigenvalue weighted by molar-refractivity contribution is 5.79. The molecule has 0 amide bonds. The molecule has 2 fully saturated rings. The van der Waals surface area contributed by atoms with E-state index >= 15 is 0 Å². The summed E-state index contributed by atoms with van der Waals surface area (Å²) in [5, 5.41) is 6.93. The largest absolute Gasteiger partial charge is 0.493 e. The Morgan fingerprint density at radius 2 is 1.93 bits per heavy atom. The molecule has 0 unspecified atom stereocenters. The number of rotatable bonds is 8. The van der Waals surface area contributed by atoms with E-state index in [2.05, 4.69) is 54.6 Å². The number of nitrogens with zero attached hydrogens (tertiary/aromatic N) is 2. The minimum atomic E-state index is 0.642. The summed E-state index contributed by atoms with van der Waals surface area (Å²) >= 11 is 0. The normalized spacial score (nSPS) is 19.1. The summed E-state index contributed by atoms with van der Waals surface area (Å²) in [6.45, 7) is 9.98. The zero-order valence-corrected chi connectivity index (χ0v) is 17.3. The van der Waals surface area contributed by atoms with Crippen molar-refractivity contribution in [3.05, 3.63) is 29.3 Å². The van der Waals surface area contributed by atoms with Gasteiger partial charge in [0, 0.05) is 18.7 Å². The van der Waals surface area contributed by atoms with E-state index in [1.807, 2.05) is 0 Å². The Kier molecular flexibility index (Phi) is 7.39. The van der Waals surface area contributed by atoms with Crippen molar-refractivity contribution in [3.63, 3.8) is 0 Å². The van der Waals surface area contributed by atoms with Crippen LogP contribution >= 0.6 is 0 Å². The van der Waals surface area contributed by atoms with E-state index in [9.17, 15) is 0 Å². The molecular weight excluding hydrogens is 336 g/mol. The van der Waals surface area contributed by atoms with Crippen molar-refractivity contribution in [3.8, 4) is 5.75 Å². The van der Waals surface area contributed by atoms with Gasteiger partial charge in [0.2, 0.25) is 0 Å². The van der Waals surface area contributed by atoms with Gasteiger partial charge in [-0.2, -0.15) is 0 Å². The van der Waals surface area contributed by atoms with Crippen molar-refractivity contribution >= 4 is 5.96 Å². The highest BCUT2D eigenvalue weighted by atomic mass is 16.5. The zero-order valence-electron chi connectivity index (χ0n) is 17.3. The minimum Gasteiger partial charge on any atom is -0.493 e. The molecule has 1 aliphatic heterocycles. The third-order valence-electron chi connectivity index (χ3n) is 5.54. The van der Waals surface area contributed by atoms with E-state index in [4.69, 9.17) is 9.73 Å². The third kappa shape index (κ3) is 6.73. The Morgan fingerprint density at radius 1 is 1.15 bits per heavy atom. The highest BCUT2D eigenvalue weighted by Gasteiger charge is 2.22. The maximum Gasteiger partial charge on any atom is 0.191 e. The molecule has 1 aromatic rings. The summed E-state index contributed by atoms with van der Waals surface area (Å²) in [5.74, 6) is 3.40. The molecule has 0 atom stereocenters.